The van der Waals surface area contributed by atoms with Crippen LogP contribution >= 0.6 is 0 Å². The van der Waals surface area contributed by atoms with E-state index in [1.54, 1.807) is 25.1 Å². The molecule has 0 aromatic heterocycles. The average molecular weight is 184 g/mol. The summed E-state index contributed by atoms with van der Waals surface area (Å²) in [5.74, 6) is -0.404. The monoisotopic (exact) mass is 184 g/mol. The number of rotatable bonds is 3. The Morgan fingerprint density at radius 3 is 2.54 bits per heavy atom. The van der Waals surface area contributed by atoms with Gasteiger partial charge in [-0.15, -0.1) is 0 Å². The van der Waals surface area contributed by atoms with Gasteiger partial charge in [-0.25, -0.2) is 4.39 Å². The molecule has 3 heteroatoms. The zero-order chi connectivity index (χ0) is 9.84. The molecular formula is C10H13FO2. The summed E-state index contributed by atoms with van der Waals surface area (Å²) < 4.78 is 18.0. The minimum absolute atomic E-state index is 0.275. The van der Waals surface area contributed by atoms with E-state index in [-0.39, 0.29) is 5.56 Å². The number of hydrogen-bond donors (Lipinski definition) is 1. The highest BCUT2D eigenvalue weighted by atomic mass is 19.1. The van der Waals surface area contributed by atoms with E-state index in [4.69, 9.17) is 4.74 Å². The van der Waals surface area contributed by atoms with Crippen molar-refractivity contribution in [2.45, 2.75) is 19.1 Å². The summed E-state index contributed by atoms with van der Waals surface area (Å²) in [5, 5.41) is 9.60. The predicted octanol–water partition coefficient (Wildman–Crippen LogP) is 1.89. The van der Waals surface area contributed by atoms with Crippen molar-refractivity contribution in [3.8, 4) is 0 Å². The lowest BCUT2D eigenvalue weighted by atomic mass is 10.1. The Bertz CT molecular complexity index is 275. The molecule has 0 aliphatic rings. The smallest absolute Gasteiger partial charge is 0.129 e. The molecule has 13 heavy (non-hydrogen) atoms. The Labute approximate surface area is 77.0 Å². The number of aliphatic hydroxyl groups is 1. The minimum Gasteiger partial charge on any atom is -0.386 e. The Morgan fingerprint density at radius 1 is 1.38 bits per heavy atom. The van der Waals surface area contributed by atoms with E-state index in [9.17, 15) is 9.50 Å². The van der Waals surface area contributed by atoms with Crippen LogP contribution in [0.3, 0.4) is 0 Å². The maximum Gasteiger partial charge on any atom is 0.129 e. The van der Waals surface area contributed by atoms with Crippen LogP contribution in [0, 0.1) is 5.82 Å². The Kier molecular flexibility index (Phi) is 3.39. The second-order valence-electron chi connectivity index (χ2n) is 2.91. The number of halogens is 1. The second-order valence-corrected chi connectivity index (χ2v) is 2.91. The van der Waals surface area contributed by atoms with E-state index in [0.717, 1.165) is 0 Å². The predicted molar refractivity (Wildman–Crippen MR) is 47.8 cm³/mol. The van der Waals surface area contributed by atoms with Crippen LogP contribution in [0.15, 0.2) is 24.3 Å². The summed E-state index contributed by atoms with van der Waals surface area (Å²) in [6.45, 7) is 1.69. The first-order valence-corrected chi connectivity index (χ1v) is 4.12. The molecule has 0 amide bonds. The molecular weight excluding hydrogens is 171 g/mol. The quantitative estimate of drug-likeness (QED) is 0.777. The highest BCUT2D eigenvalue weighted by Crippen LogP contribution is 2.20. The molecule has 2 nitrogen and oxygen atoms in total. The van der Waals surface area contributed by atoms with Crippen molar-refractivity contribution in [2.75, 3.05) is 7.11 Å². The van der Waals surface area contributed by atoms with E-state index in [0.29, 0.717) is 0 Å². The molecule has 0 spiro atoms. The van der Waals surface area contributed by atoms with Crippen molar-refractivity contribution in [1.29, 1.82) is 0 Å². The lowest BCUT2D eigenvalue weighted by Gasteiger charge is -2.17. The van der Waals surface area contributed by atoms with Crippen molar-refractivity contribution in [3.63, 3.8) is 0 Å². The fraction of sp³-hybridized carbons (Fsp3) is 0.400. The van der Waals surface area contributed by atoms with E-state index >= 15 is 0 Å². The Balaban J connectivity index is 2.88. The highest BCUT2D eigenvalue weighted by molar-refractivity contribution is 5.20. The summed E-state index contributed by atoms with van der Waals surface area (Å²) in [6, 6.07) is 6.14. The summed E-state index contributed by atoms with van der Waals surface area (Å²) in [5.41, 5.74) is 0.275. The summed E-state index contributed by atoms with van der Waals surface area (Å²) in [7, 11) is 1.48. The normalized spacial score (nSPS) is 15.4. The van der Waals surface area contributed by atoms with Gasteiger partial charge in [-0.05, 0) is 13.0 Å². The van der Waals surface area contributed by atoms with Crippen LogP contribution in [0.5, 0.6) is 0 Å². The molecule has 1 aromatic rings. The van der Waals surface area contributed by atoms with Crippen LogP contribution in [-0.2, 0) is 4.74 Å². The van der Waals surface area contributed by atoms with Gasteiger partial charge < -0.3 is 9.84 Å². The average Bonchev–Trinajstić information content (AvgIpc) is 2.16. The maximum atomic E-state index is 13.1. The molecule has 0 bridgehead atoms. The topological polar surface area (TPSA) is 29.5 Å². The van der Waals surface area contributed by atoms with Crippen LogP contribution in [-0.4, -0.2) is 18.3 Å². The van der Waals surface area contributed by atoms with Crippen LogP contribution in [0.25, 0.3) is 0 Å². The van der Waals surface area contributed by atoms with Gasteiger partial charge in [0.15, 0.2) is 0 Å². The second kappa shape index (κ2) is 4.35. The largest absolute Gasteiger partial charge is 0.386 e. The third kappa shape index (κ3) is 2.26. The third-order valence-electron chi connectivity index (χ3n) is 2.04. The van der Waals surface area contributed by atoms with Crippen molar-refractivity contribution in [2.24, 2.45) is 0 Å². The van der Waals surface area contributed by atoms with Crippen LogP contribution in [0.1, 0.15) is 18.6 Å². The molecule has 2 atom stereocenters. The highest BCUT2D eigenvalue weighted by Gasteiger charge is 2.18. The van der Waals surface area contributed by atoms with Crippen LogP contribution < -0.4 is 0 Å². The number of methoxy groups -OCH3 is 1. The molecule has 2 unspecified atom stereocenters. The van der Waals surface area contributed by atoms with Crippen molar-refractivity contribution >= 4 is 0 Å². The molecule has 0 saturated heterocycles. The lowest BCUT2D eigenvalue weighted by Crippen LogP contribution is -2.17. The van der Waals surface area contributed by atoms with Gasteiger partial charge in [0.1, 0.15) is 11.9 Å². The summed E-state index contributed by atoms with van der Waals surface area (Å²) in [4.78, 5) is 0. The number of ether oxygens (including phenoxy) is 1. The lowest BCUT2D eigenvalue weighted by molar-refractivity contribution is -0.00313. The number of benzene rings is 1. The first kappa shape index (κ1) is 10.2. The fourth-order valence-corrected chi connectivity index (χ4v) is 1.10. The third-order valence-corrected chi connectivity index (χ3v) is 2.04. The van der Waals surface area contributed by atoms with Gasteiger partial charge in [0, 0.05) is 12.7 Å². The molecule has 72 valence electrons. The van der Waals surface area contributed by atoms with Gasteiger partial charge in [-0.2, -0.15) is 0 Å². The molecule has 0 fully saturated rings. The fourth-order valence-electron chi connectivity index (χ4n) is 1.10. The Hall–Kier alpha value is -0.930. The Morgan fingerprint density at radius 2 is 2.00 bits per heavy atom. The molecule has 1 aromatic carbocycles. The molecule has 0 heterocycles. The van der Waals surface area contributed by atoms with Gasteiger partial charge in [0.2, 0.25) is 0 Å². The maximum absolute atomic E-state index is 13.1. The zero-order valence-corrected chi connectivity index (χ0v) is 7.70. The van der Waals surface area contributed by atoms with E-state index in [2.05, 4.69) is 0 Å². The first-order valence-electron chi connectivity index (χ1n) is 4.12. The molecule has 0 radical (unpaired) electrons. The van der Waals surface area contributed by atoms with Crippen molar-refractivity contribution in [3.05, 3.63) is 35.6 Å². The minimum atomic E-state index is -0.911. The van der Waals surface area contributed by atoms with E-state index < -0.39 is 18.0 Å². The van der Waals surface area contributed by atoms with E-state index in [1.165, 1.54) is 13.2 Å². The van der Waals surface area contributed by atoms with Gasteiger partial charge in [-0.3, -0.25) is 0 Å². The molecule has 0 saturated carbocycles. The SMILES string of the molecule is COC(C)C(O)c1ccccc1F. The van der Waals surface area contributed by atoms with Crippen molar-refractivity contribution < 1.29 is 14.2 Å². The van der Waals surface area contributed by atoms with Gasteiger partial charge in [0.05, 0.1) is 6.10 Å². The van der Waals surface area contributed by atoms with Gasteiger partial charge >= 0.3 is 0 Å². The number of hydrogen-bond acceptors (Lipinski definition) is 2. The van der Waals surface area contributed by atoms with Gasteiger partial charge in [-0.1, -0.05) is 18.2 Å². The van der Waals surface area contributed by atoms with Crippen LogP contribution in [0.4, 0.5) is 4.39 Å². The van der Waals surface area contributed by atoms with Gasteiger partial charge in [0.25, 0.3) is 0 Å². The molecule has 0 aliphatic carbocycles. The van der Waals surface area contributed by atoms with E-state index in [1.807, 2.05) is 0 Å². The molecule has 1 rings (SSSR count). The zero-order valence-electron chi connectivity index (χ0n) is 7.70. The van der Waals surface area contributed by atoms with Crippen LogP contribution in [0.2, 0.25) is 0 Å². The summed E-state index contributed by atoms with van der Waals surface area (Å²) in [6.07, 6.45) is -1.32. The first-order chi connectivity index (χ1) is 6.16. The standard InChI is InChI=1S/C10H13FO2/c1-7(13-2)10(12)8-5-3-4-6-9(8)11/h3-7,10,12H,1-2H3. The summed E-state index contributed by atoms with van der Waals surface area (Å²) >= 11 is 0. The van der Waals surface area contributed by atoms with Crippen molar-refractivity contribution in [1.82, 2.24) is 0 Å². The molecule has 1 N–H and O–H groups in total. The molecule has 0 aliphatic heterocycles. The number of aliphatic hydroxyl groups excluding tert-OH is 1.